The van der Waals surface area contributed by atoms with Gasteiger partial charge in [-0.05, 0) is 55.0 Å². The maximum Gasteiger partial charge on any atom is 0.363 e. The Labute approximate surface area is 172 Å². The molecule has 29 heavy (non-hydrogen) atoms. The first kappa shape index (κ1) is 20.4. The lowest BCUT2D eigenvalue weighted by atomic mass is 10.1. The number of aliphatic imine (C=N–C) groups is 1. The molecule has 0 bridgehead atoms. The van der Waals surface area contributed by atoms with E-state index >= 15 is 0 Å². The molecule has 0 aliphatic carbocycles. The minimum Gasteiger partial charge on any atom is -0.493 e. The zero-order chi connectivity index (χ0) is 21.0. The Balaban J connectivity index is 1.88. The van der Waals surface area contributed by atoms with Gasteiger partial charge < -0.3 is 19.5 Å². The molecule has 150 valence electrons. The first-order valence-corrected chi connectivity index (χ1v) is 9.20. The summed E-state index contributed by atoms with van der Waals surface area (Å²) in [5, 5.41) is 3.03. The van der Waals surface area contributed by atoms with Gasteiger partial charge in [-0.3, -0.25) is 4.79 Å². The molecule has 0 saturated carbocycles. The number of nitrogens with one attached hydrogen (secondary N) is 1. The number of amides is 1. The van der Waals surface area contributed by atoms with E-state index in [0.717, 1.165) is 0 Å². The SMILES string of the molecule is CCOc1c(Cl)cc(/C=C2\N=C(c3ccc(NC(C)=O)cc3)OC2=O)cc1OC. The highest BCUT2D eigenvalue weighted by atomic mass is 35.5. The molecule has 0 saturated heterocycles. The molecule has 0 aromatic heterocycles. The molecule has 0 radical (unpaired) electrons. The minimum atomic E-state index is -0.574. The maximum atomic E-state index is 12.2. The van der Waals surface area contributed by atoms with Crippen LogP contribution in [0.3, 0.4) is 0 Å². The Morgan fingerprint density at radius 1 is 1.28 bits per heavy atom. The van der Waals surface area contributed by atoms with Crippen LogP contribution in [-0.2, 0) is 14.3 Å². The summed E-state index contributed by atoms with van der Waals surface area (Å²) in [4.78, 5) is 27.6. The third-order valence-electron chi connectivity index (χ3n) is 3.92. The van der Waals surface area contributed by atoms with Crippen LogP contribution in [0.5, 0.6) is 11.5 Å². The standard InChI is InChI=1S/C21H19ClN2O5/c1-4-28-19-16(22)9-13(11-18(19)27-3)10-17-21(26)29-20(24-17)14-5-7-15(8-6-14)23-12(2)25/h5-11H,4H2,1-3H3,(H,23,25)/b17-10-. The third kappa shape index (κ3) is 4.75. The molecule has 1 aliphatic heterocycles. The Morgan fingerprint density at radius 3 is 2.62 bits per heavy atom. The molecule has 2 aromatic carbocycles. The topological polar surface area (TPSA) is 86.2 Å². The molecule has 1 N–H and O–H groups in total. The van der Waals surface area contributed by atoms with Crippen molar-refractivity contribution in [1.82, 2.24) is 0 Å². The average Bonchev–Trinajstić information content (AvgIpc) is 3.04. The number of carbonyl (C=O) groups is 2. The second-order valence-corrected chi connectivity index (χ2v) is 6.47. The first-order chi connectivity index (χ1) is 13.9. The molecule has 1 heterocycles. The number of anilines is 1. The van der Waals surface area contributed by atoms with E-state index in [1.165, 1.54) is 14.0 Å². The summed E-state index contributed by atoms with van der Waals surface area (Å²) >= 11 is 6.27. The predicted octanol–water partition coefficient (Wildman–Crippen LogP) is 4.05. The van der Waals surface area contributed by atoms with E-state index in [2.05, 4.69) is 10.3 Å². The van der Waals surface area contributed by atoms with Crippen LogP contribution in [0, 0.1) is 0 Å². The van der Waals surface area contributed by atoms with Gasteiger partial charge in [-0.25, -0.2) is 9.79 Å². The molecule has 0 unspecified atom stereocenters. The van der Waals surface area contributed by atoms with E-state index < -0.39 is 5.97 Å². The molecule has 3 rings (SSSR count). The monoisotopic (exact) mass is 414 g/mol. The van der Waals surface area contributed by atoms with Gasteiger partial charge in [0, 0.05) is 18.2 Å². The number of rotatable bonds is 6. The van der Waals surface area contributed by atoms with Gasteiger partial charge in [0.25, 0.3) is 0 Å². The summed E-state index contributed by atoms with van der Waals surface area (Å²) in [5.41, 5.74) is 2.00. The molecular weight excluding hydrogens is 396 g/mol. The highest BCUT2D eigenvalue weighted by Crippen LogP contribution is 2.37. The highest BCUT2D eigenvalue weighted by Gasteiger charge is 2.24. The lowest BCUT2D eigenvalue weighted by Crippen LogP contribution is -2.07. The molecular formula is C21H19ClN2O5. The maximum absolute atomic E-state index is 12.2. The normalized spacial score (nSPS) is 14.4. The minimum absolute atomic E-state index is 0.133. The molecule has 0 atom stereocenters. The second kappa shape index (κ2) is 8.79. The molecule has 1 amide bonds. The summed E-state index contributed by atoms with van der Waals surface area (Å²) in [6.07, 6.45) is 1.56. The largest absolute Gasteiger partial charge is 0.493 e. The van der Waals surface area contributed by atoms with Crippen LogP contribution in [0.25, 0.3) is 6.08 Å². The summed E-state index contributed by atoms with van der Waals surface area (Å²) < 4.78 is 16.1. The molecule has 8 heteroatoms. The Morgan fingerprint density at radius 2 is 2.00 bits per heavy atom. The number of hydrogen-bond acceptors (Lipinski definition) is 6. The molecule has 7 nitrogen and oxygen atoms in total. The van der Waals surface area contributed by atoms with Crippen molar-refractivity contribution in [2.45, 2.75) is 13.8 Å². The number of methoxy groups -OCH3 is 1. The van der Waals surface area contributed by atoms with E-state index in [1.807, 2.05) is 6.92 Å². The number of halogens is 1. The van der Waals surface area contributed by atoms with Gasteiger partial charge in [0.1, 0.15) is 0 Å². The fourth-order valence-corrected chi connectivity index (χ4v) is 2.97. The third-order valence-corrected chi connectivity index (χ3v) is 4.20. The van der Waals surface area contributed by atoms with E-state index in [4.69, 9.17) is 25.8 Å². The van der Waals surface area contributed by atoms with Gasteiger partial charge in [0.15, 0.2) is 17.2 Å². The van der Waals surface area contributed by atoms with Crippen molar-refractivity contribution >= 4 is 41.1 Å². The van der Waals surface area contributed by atoms with E-state index in [0.29, 0.717) is 39.9 Å². The van der Waals surface area contributed by atoms with Crippen molar-refractivity contribution in [1.29, 1.82) is 0 Å². The van der Waals surface area contributed by atoms with Gasteiger partial charge >= 0.3 is 5.97 Å². The number of cyclic esters (lactones) is 1. The van der Waals surface area contributed by atoms with Crippen molar-refractivity contribution in [2.24, 2.45) is 4.99 Å². The summed E-state index contributed by atoms with van der Waals surface area (Å²) in [7, 11) is 1.51. The van der Waals surface area contributed by atoms with Crippen molar-refractivity contribution in [3.63, 3.8) is 0 Å². The van der Waals surface area contributed by atoms with Crippen LogP contribution in [0.15, 0.2) is 47.1 Å². The number of nitrogens with zero attached hydrogens (tertiary/aromatic N) is 1. The molecule has 0 spiro atoms. The second-order valence-electron chi connectivity index (χ2n) is 6.06. The van der Waals surface area contributed by atoms with E-state index in [9.17, 15) is 9.59 Å². The van der Waals surface area contributed by atoms with Crippen molar-refractivity contribution in [2.75, 3.05) is 19.0 Å². The smallest absolute Gasteiger partial charge is 0.363 e. The van der Waals surface area contributed by atoms with Gasteiger partial charge in [-0.15, -0.1) is 0 Å². The summed E-state index contributed by atoms with van der Waals surface area (Å²) in [5.74, 6) is 0.332. The Hall–Kier alpha value is -3.32. The zero-order valence-corrected chi connectivity index (χ0v) is 16.9. The summed E-state index contributed by atoms with van der Waals surface area (Å²) in [6.45, 7) is 3.71. The lowest BCUT2D eigenvalue weighted by molar-refractivity contribution is -0.129. The number of hydrogen-bond donors (Lipinski definition) is 1. The first-order valence-electron chi connectivity index (χ1n) is 8.82. The van der Waals surface area contributed by atoms with Crippen molar-refractivity contribution in [3.05, 3.63) is 58.2 Å². The van der Waals surface area contributed by atoms with Crippen LogP contribution in [0.2, 0.25) is 5.02 Å². The van der Waals surface area contributed by atoms with Gasteiger partial charge in [-0.2, -0.15) is 0 Å². The Kier molecular flexibility index (Phi) is 6.19. The lowest BCUT2D eigenvalue weighted by Gasteiger charge is -2.11. The highest BCUT2D eigenvalue weighted by molar-refractivity contribution is 6.32. The number of benzene rings is 2. The average molecular weight is 415 g/mol. The summed E-state index contributed by atoms with van der Waals surface area (Å²) in [6, 6.07) is 10.2. The van der Waals surface area contributed by atoms with Crippen LogP contribution >= 0.6 is 11.6 Å². The fourth-order valence-electron chi connectivity index (χ4n) is 2.70. The van der Waals surface area contributed by atoms with Crippen LogP contribution in [0.1, 0.15) is 25.0 Å². The van der Waals surface area contributed by atoms with Gasteiger partial charge in [0.05, 0.1) is 18.7 Å². The molecule has 1 aliphatic rings. The van der Waals surface area contributed by atoms with E-state index in [-0.39, 0.29) is 17.5 Å². The molecule has 0 fully saturated rings. The van der Waals surface area contributed by atoms with Crippen LogP contribution in [-0.4, -0.2) is 31.5 Å². The number of ether oxygens (including phenoxy) is 3. The van der Waals surface area contributed by atoms with Gasteiger partial charge in [0.2, 0.25) is 11.8 Å². The van der Waals surface area contributed by atoms with E-state index in [1.54, 1.807) is 42.5 Å². The quantitative estimate of drug-likeness (QED) is 0.569. The fraction of sp³-hybridized carbons (Fsp3) is 0.190. The Bertz CT molecular complexity index is 1010. The number of esters is 1. The van der Waals surface area contributed by atoms with Gasteiger partial charge in [-0.1, -0.05) is 11.6 Å². The van der Waals surface area contributed by atoms with Crippen LogP contribution < -0.4 is 14.8 Å². The van der Waals surface area contributed by atoms with Crippen molar-refractivity contribution in [3.8, 4) is 11.5 Å². The zero-order valence-electron chi connectivity index (χ0n) is 16.1. The predicted molar refractivity (Wildman–Crippen MR) is 111 cm³/mol. The molecule has 2 aromatic rings. The van der Waals surface area contributed by atoms with Crippen molar-refractivity contribution < 1.29 is 23.8 Å². The van der Waals surface area contributed by atoms with Crippen LogP contribution in [0.4, 0.5) is 5.69 Å². The number of carbonyl (C=O) groups excluding carboxylic acids is 2.